The van der Waals surface area contributed by atoms with E-state index in [0.717, 1.165) is 0 Å². The fourth-order valence-corrected chi connectivity index (χ4v) is 2.18. The first-order chi connectivity index (χ1) is 10.9. The van der Waals surface area contributed by atoms with Crippen molar-refractivity contribution >= 4 is 34.8 Å². The molecule has 0 radical (unpaired) electrons. The standard InChI is InChI=1S/C14H14ClN3O5/c1-3-22-14(19)23-13-12(9(15)8-17(13)2)16-10-6-4-5-7-11(10)18(20)21/h4-8,16H,3H2,1-2H3. The smallest absolute Gasteiger partial charge is 0.434 e. The summed E-state index contributed by atoms with van der Waals surface area (Å²) in [5.41, 5.74) is 0.324. The van der Waals surface area contributed by atoms with Crippen molar-refractivity contribution < 1.29 is 19.2 Å². The third kappa shape index (κ3) is 3.72. The topological polar surface area (TPSA) is 95.6 Å². The number of nitro groups is 1. The number of ether oxygens (including phenoxy) is 2. The molecule has 0 atom stereocenters. The SMILES string of the molecule is CCOC(=O)Oc1c(Nc2ccccc2[N+](=O)[O-])c(Cl)cn1C. The first-order valence-electron chi connectivity index (χ1n) is 6.64. The van der Waals surface area contributed by atoms with Crippen molar-refractivity contribution in [3.05, 3.63) is 45.6 Å². The molecule has 0 spiro atoms. The van der Waals surface area contributed by atoms with Gasteiger partial charge in [0.2, 0.25) is 5.88 Å². The first kappa shape index (κ1) is 16.6. The van der Waals surface area contributed by atoms with Gasteiger partial charge in [0.25, 0.3) is 5.69 Å². The van der Waals surface area contributed by atoms with Crippen molar-refractivity contribution in [3.63, 3.8) is 0 Å². The third-order valence-corrected chi connectivity index (χ3v) is 3.17. The number of nitrogens with zero attached hydrogens (tertiary/aromatic N) is 2. The number of benzene rings is 1. The number of aryl methyl sites for hydroxylation is 1. The second-order valence-electron chi connectivity index (χ2n) is 4.45. The lowest BCUT2D eigenvalue weighted by Gasteiger charge is -2.10. The number of rotatable bonds is 5. The average molecular weight is 340 g/mol. The Kier molecular flexibility index (Phi) is 5.07. The van der Waals surface area contributed by atoms with Crippen LogP contribution in [0.2, 0.25) is 5.02 Å². The molecule has 1 N–H and O–H groups in total. The minimum absolute atomic E-state index is 0.0894. The average Bonchev–Trinajstić information content (AvgIpc) is 2.75. The van der Waals surface area contributed by atoms with Crippen molar-refractivity contribution in [3.8, 4) is 5.88 Å². The zero-order valence-corrected chi connectivity index (χ0v) is 13.2. The van der Waals surface area contributed by atoms with E-state index in [2.05, 4.69) is 5.32 Å². The second-order valence-corrected chi connectivity index (χ2v) is 4.86. The van der Waals surface area contributed by atoms with E-state index in [4.69, 9.17) is 21.1 Å². The van der Waals surface area contributed by atoms with Gasteiger partial charge < -0.3 is 19.4 Å². The predicted molar refractivity (Wildman–Crippen MR) is 84.5 cm³/mol. The zero-order chi connectivity index (χ0) is 17.0. The molecular weight excluding hydrogens is 326 g/mol. The molecule has 0 unspecified atom stereocenters. The number of hydrogen-bond acceptors (Lipinski definition) is 6. The summed E-state index contributed by atoms with van der Waals surface area (Å²) >= 11 is 6.11. The number of halogens is 1. The number of nitro benzene ring substituents is 1. The first-order valence-corrected chi connectivity index (χ1v) is 7.01. The largest absolute Gasteiger partial charge is 0.515 e. The molecule has 122 valence electrons. The maximum atomic E-state index is 11.5. The Morgan fingerprint density at radius 1 is 1.43 bits per heavy atom. The molecule has 2 rings (SSSR count). The molecule has 0 fully saturated rings. The number of nitrogens with one attached hydrogen (secondary N) is 1. The van der Waals surface area contributed by atoms with Gasteiger partial charge in [-0.05, 0) is 13.0 Å². The Morgan fingerprint density at radius 3 is 2.78 bits per heavy atom. The summed E-state index contributed by atoms with van der Waals surface area (Å²) in [6.07, 6.45) is 0.615. The molecule has 0 amide bonds. The molecule has 0 saturated carbocycles. The van der Waals surface area contributed by atoms with Crippen LogP contribution in [0.5, 0.6) is 5.88 Å². The quantitative estimate of drug-likeness (QED) is 0.504. The van der Waals surface area contributed by atoms with E-state index < -0.39 is 11.1 Å². The highest BCUT2D eigenvalue weighted by atomic mass is 35.5. The van der Waals surface area contributed by atoms with Crippen LogP contribution in [0.3, 0.4) is 0 Å². The van der Waals surface area contributed by atoms with Gasteiger partial charge in [0.15, 0.2) is 0 Å². The van der Waals surface area contributed by atoms with Crippen LogP contribution >= 0.6 is 11.6 Å². The van der Waals surface area contributed by atoms with E-state index in [-0.39, 0.29) is 34.6 Å². The molecule has 1 aromatic heterocycles. The summed E-state index contributed by atoms with van der Waals surface area (Å²) in [6, 6.07) is 6.06. The van der Waals surface area contributed by atoms with Crippen molar-refractivity contribution in [2.24, 2.45) is 7.05 Å². The van der Waals surface area contributed by atoms with E-state index in [9.17, 15) is 14.9 Å². The minimum Gasteiger partial charge on any atom is -0.434 e. The number of para-hydroxylation sites is 2. The lowest BCUT2D eigenvalue weighted by molar-refractivity contribution is -0.383. The van der Waals surface area contributed by atoms with E-state index >= 15 is 0 Å². The van der Waals surface area contributed by atoms with Gasteiger partial charge in [-0.15, -0.1) is 0 Å². The van der Waals surface area contributed by atoms with Crippen LogP contribution in [0.4, 0.5) is 21.9 Å². The van der Waals surface area contributed by atoms with Crippen LogP contribution in [-0.4, -0.2) is 22.3 Å². The Bertz CT molecular complexity index is 744. The van der Waals surface area contributed by atoms with Crippen LogP contribution in [0.25, 0.3) is 0 Å². The number of carbonyl (C=O) groups excluding carboxylic acids is 1. The fraction of sp³-hybridized carbons (Fsp3) is 0.214. The van der Waals surface area contributed by atoms with Crippen LogP contribution in [0.1, 0.15) is 6.92 Å². The zero-order valence-electron chi connectivity index (χ0n) is 12.4. The molecular formula is C14H14ClN3O5. The monoisotopic (exact) mass is 339 g/mol. The molecule has 1 aromatic carbocycles. The molecule has 1 heterocycles. The molecule has 2 aromatic rings. The summed E-state index contributed by atoms with van der Waals surface area (Å²) in [5.74, 6) is 0.0894. The minimum atomic E-state index is -0.893. The van der Waals surface area contributed by atoms with Gasteiger partial charge in [0.05, 0.1) is 16.6 Å². The molecule has 8 nitrogen and oxygen atoms in total. The van der Waals surface area contributed by atoms with Crippen molar-refractivity contribution in [1.29, 1.82) is 0 Å². The van der Waals surface area contributed by atoms with Crippen molar-refractivity contribution in [1.82, 2.24) is 4.57 Å². The van der Waals surface area contributed by atoms with E-state index in [1.165, 1.54) is 22.9 Å². The highest BCUT2D eigenvalue weighted by Gasteiger charge is 2.21. The van der Waals surface area contributed by atoms with Gasteiger partial charge in [-0.25, -0.2) is 4.79 Å². The number of carbonyl (C=O) groups is 1. The van der Waals surface area contributed by atoms with Crippen LogP contribution in [0, 0.1) is 10.1 Å². The Labute approximate surface area is 136 Å². The fourth-order valence-electron chi connectivity index (χ4n) is 1.91. The lowest BCUT2D eigenvalue weighted by atomic mass is 10.2. The predicted octanol–water partition coefficient (Wildman–Crippen LogP) is 3.87. The van der Waals surface area contributed by atoms with Gasteiger partial charge in [0, 0.05) is 19.3 Å². The molecule has 0 aliphatic heterocycles. The van der Waals surface area contributed by atoms with Crippen molar-refractivity contribution in [2.45, 2.75) is 6.92 Å². The summed E-state index contributed by atoms with van der Waals surface area (Å²) in [4.78, 5) is 22.1. The summed E-state index contributed by atoms with van der Waals surface area (Å²) in [7, 11) is 1.62. The summed E-state index contributed by atoms with van der Waals surface area (Å²) in [5, 5.41) is 14.1. The number of anilines is 2. The maximum absolute atomic E-state index is 11.5. The Hall–Kier alpha value is -2.74. The molecule has 0 bridgehead atoms. The maximum Gasteiger partial charge on any atom is 0.515 e. The van der Waals surface area contributed by atoms with Gasteiger partial charge >= 0.3 is 6.16 Å². The normalized spacial score (nSPS) is 10.2. The lowest BCUT2D eigenvalue weighted by Crippen LogP contribution is -2.13. The van der Waals surface area contributed by atoms with Crippen molar-refractivity contribution in [2.75, 3.05) is 11.9 Å². The van der Waals surface area contributed by atoms with Gasteiger partial charge in [-0.3, -0.25) is 10.1 Å². The molecule has 0 saturated heterocycles. The van der Waals surface area contributed by atoms with Gasteiger partial charge in [0.1, 0.15) is 11.4 Å². The Balaban J connectivity index is 2.37. The molecule has 9 heteroatoms. The molecule has 23 heavy (non-hydrogen) atoms. The van der Waals surface area contributed by atoms with Crippen LogP contribution in [0.15, 0.2) is 30.5 Å². The molecule has 0 aliphatic rings. The summed E-state index contributed by atoms with van der Waals surface area (Å²) < 4.78 is 11.3. The summed E-state index contributed by atoms with van der Waals surface area (Å²) in [6.45, 7) is 1.80. The van der Waals surface area contributed by atoms with Gasteiger partial charge in [-0.2, -0.15) is 0 Å². The van der Waals surface area contributed by atoms with Crippen LogP contribution < -0.4 is 10.1 Å². The number of aromatic nitrogens is 1. The van der Waals surface area contributed by atoms with Gasteiger partial charge in [-0.1, -0.05) is 23.7 Å². The Morgan fingerprint density at radius 2 is 2.13 bits per heavy atom. The highest BCUT2D eigenvalue weighted by molar-refractivity contribution is 6.33. The highest BCUT2D eigenvalue weighted by Crippen LogP contribution is 2.38. The van der Waals surface area contributed by atoms with E-state index in [0.29, 0.717) is 0 Å². The second kappa shape index (κ2) is 7.01. The molecule has 0 aliphatic carbocycles. The third-order valence-electron chi connectivity index (χ3n) is 2.88. The van der Waals surface area contributed by atoms with E-state index in [1.807, 2.05) is 0 Å². The van der Waals surface area contributed by atoms with Crippen LogP contribution in [-0.2, 0) is 11.8 Å². The number of hydrogen-bond donors (Lipinski definition) is 1. The van der Waals surface area contributed by atoms with E-state index in [1.54, 1.807) is 26.1 Å².